The van der Waals surface area contributed by atoms with Crippen molar-refractivity contribution >= 4 is 0 Å². The van der Waals surface area contributed by atoms with Crippen molar-refractivity contribution in [1.29, 1.82) is 0 Å². The zero-order chi connectivity index (χ0) is 8.16. The molecule has 0 bridgehead atoms. The smallest absolute Gasteiger partial charge is 0.279 e. The minimum atomic E-state index is -0.786. The van der Waals surface area contributed by atoms with Gasteiger partial charge in [-0.1, -0.05) is 0 Å². The van der Waals surface area contributed by atoms with Crippen LogP contribution in [0.3, 0.4) is 0 Å². The van der Waals surface area contributed by atoms with Gasteiger partial charge in [0.05, 0.1) is 13.2 Å². The van der Waals surface area contributed by atoms with Gasteiger partial charge in [-0.05, 0) is 19.8 Å². The number of hydrogen-bond acceptors (Lipinski definition) is 3. The summed E-state index contributed by atoms with van der Waals surface area (Å²) in [5.74, 6) is -0.786. The Labute approximate surface area is 67.6 Å². The van der Waals surface area contributed by atoms with Gasteiger partial charge >= 0.3 is 0 Å². The molecule has 1 fully saturated rings. The Morgan fingerprint density at radius 3 is 2.27 bits per heavy atom. The molecule has 11 heavy (non-hydrogen) atoms. The lowest BCUT2D eigenvalue weighted by Crippen LogP contribution is -2.34. The molecule has 0 amide bonds. The SMILES string of the molecule is CCOC1(C)OCCCCO1. The Hall–Kier alpha value is -0.120. The topological polar surface area (TPSA) is 27.7 Å². The summed E-state index contributed by atoms with van der Waals surface area (Å²) in [6, 6.07) is 0. The van der Waals surface area contributed by atoms with Gasteiger partial charge in [0.25, 0.3) is 5.97 Å². The maximum atomic E-state index is 5.39. The molecule has 0 atom stereocenters. The first kappa shape index (κ1) is 8.97. The molecule has 0 radical (unpaired) electrons. The molecule has 0 spiro atoms. The molecule has 66 valence electrons. The fourth-order valence-corrected chi connectivity index (χ4v) is 1.11. The summed E-state index contributed by atoms with van der Waals surface area (Å²) in [5.41, 5.74) is 0. The fraction of sp³-hybridized carbons (Fsp3) is 1.00. The van der Waals surface area contributed by atoms with E-state index in [1.807, 2.05) is 13.8 Å². The molecule has 0 aromatic heterocycles. The maximum Gasteiger partial charge on any atom is 0.279 e. The second kappa shape index (κ2) is 4.04. The highest BCUT2D eigenvalue weighted by Gasteiger charge is 2.27. The van der Waals surface area contributed by atoms with Crippen molar-refractivity contribution in [2.75, 3.05) is 19.8 Å². The van der Waals surface area contributed by atoms with Crippen molar-refractivity contribution in [1.82, 2.24) is 0 Å². The molecule has 0 aromatic carbocycles. The van der Waals surface area contributed by atoms with Gasteiger partial charge in [0.2, 0.25) is 0 Å². The standard InChI is InChI=1S/C8H16O3/c1-3-9-8(2)10-6-4-5-7-11-8/h3-7H2,1-2H3. The maximum absolute atomic E-state index is 5.39. The average Bonchev–Trinajstić information content (AvgIpc) is 2.15. The Bertz CT molecular complexity index is 106. The zero-order valence-corrected chi connectivity index (χ0v) is 7.26. The van der Waals surface area contributed by atoms with E-state index in [1.165, 1.54) is 0 Å². The Morgan fingerprint density at radius 2 is 1.82 bits per heavy atom. The van der Waals surface area contributed by atoms with Crippen LogP contribution in [0.1, 0.15) is 26.7 Å². The van der Waals surface area contributed by atoms with Gasteiger partial charge in [-0.3, -0.25) is 0 Å². The Morgan fingerprint density at radius 1 is 1.27 bits per heavy atom. The van der Waals surface area contributed by atoms with Gasteiger partial charge in [0, 0.05) is 13.5 Å². The summed E-state index contributed by atoms with van der Waals surface area (Å²) in [6.07, 6.45) is 2.12. The molecule has 1 rings (SSSR count). The first-order valence-electron chi connectivity index (χ1n) is 4.19. The van der Waals surface area contributed by atoms with Gasteiger partial charge < -0.3 is 14.2 Å². The van der Waals surface area contributed by atoms with Gasteiger partial charge in [0.1, 0.15) is 0 Å². The van der Waals surface area contributed by atoms with E-state index in [0.29, 0.717) is 6.61 Å². The molecule has 0 aromatic rings. The lowest BCUT2D eigenvalue weighted by Gasteiger charge is -2.26. The molecule has 3 heteroatoms. The monoisotopic (exact) mass is 160 g/mol. The highest BCUT2D eigenvalue weighted by atomic mass is 16.9. The summed E-state index contributed by atoms with van der Waals surface area (Å²) in [5, 5.41) is 0. The van der Waals surface area contributed by atoms with Gasteiger partial charge in [-0.15, -0.1) is 0 Å². The highest BCUT2D eigenvalue weighted by molar-refractivity contribution is 4.53. The predicted molar refractivity (Wildman–Crippen MR) is 41.2 cm³/mol. The fourth-order valence-electron chi connectivity index (χ4n) is 1.11. The molecule has 3 nitrogen and oxygen atoms in total. The second-order valence-electron chi connectivity index (χ2n) is 2.70. The third-order valence-electron chi connectivity index (χ3n) is 1.67. The molecular weight excluding hydrogens is 144 g/mol. The Balaban J connectivity index is 2.38. The van der Waals surface area contributed by atoms with Crippen molar-refractivity contribution in [2.24, 2.45) is 0 Å². The summed E-state index contributed by atoms with van der Waals surface area (Å²) in [6.45, 7) is 5.84. The van der Waals surface area contributed by atoms with E-state index in [2.05, 4.69) is 0 Å². The van der Waals surface area contributed by atoms with Crippen molar-refractivity contribution in [3.05, 3.63) is 0 Å². The summed E-state index contributed by atoms with van der Waals surface area (Å²) in [7, 11) is 0. The third kappa shape index (κ3) is 2.77. The largest absolute Gasteiger partial charge is 0.328 e. The normalized spacial score (nSPS) is 24.5. The molecule has 1 aliphatic rings. The van der Waals surface area contributed by atoms with E-state index in [-0.39, 0.29) is 0 Å². The van der Waals surface area contributed by atoms with E-state index in [4.69, 9.17) is 14.2 Å². The second-order valence-corrected chi connectivity index (χ2v) is 2.70. The molecule has 1 heterocycles. The molecule has 1 saturated heterocycles. The van der Waals surface area contributed by atoms with Crippen molar-refractivity contribution in [3.63, 3.8) is 0 Å². The van der Waals surface area contributed by atoms with E-state index < -0.39 is 5.97 Å². The minimum Gasteiger partial charge on any atom is -0.328 e. The third-order valence-corrected chi connectivity index (χ3v) is 1.67. The van der Waals surface area contributed by atoms with Crippen LogP contribution in [-0.4, -0.2) is 25.8 Å². The van der Waals surface area contributed by atoms with Crippen LogP contribution in [0.25, 0.3) is 0 Å². The van der Waals surface area contributed by atoms with Crippen LogP contribution in [0, 0.1) is 0 Å². The molecular formula is C8H16O3. The molecule has 0 aliphatic carbocycles. The number of ether oxygens (including phenoxy) is 3. The van der Waals surface area contributed by atoms with Gasteiger partial charge in [-0.25, -0.2) is 0 Å². The predicted octanol–water partition coefficient (Wildman–Crippen LogP) is 1.52. The first-order valence-corrected chi connectivity index (χ1v) is 4.19. The van der Waals surface area contributed by atoms with E-state index in [0.717, 1.165) is 26.1 Å². The van der Waals surface area contributed by atoms with Gasteiger partial charge in [-0.2, -0.15) is 0 Å². The van der Waals surface area contributed by atoms with Crippen LogP contribution < -0.4 is 0 Å². The minimum absolute atomic E-state index is 0.622. The van der Waals surface area contributed by atoms with E-state index >= 15 is 0 Å². The van der Waals surface area contributed by atoms with Crippen molar-refractivity contribution in [3.8, 4) is 0 Å². The molecule has 0 unspecified atom stereocenters. The van der Waals surface area contributed by atoms with Crippen molar-refractivity contribution in [2.45, 2.75) is 32.7 Å². The van der Waals surface area contributed by atoms with Crippen LogP contribution in [0.15, 0.2) is 0 Å². The summed E-state index contributed by atoms with van der Waals surface area (Å²) < 4.78 is 16.1. The zero-order valence-electron chi connectivity index (χ0n) is 7.26. The first-order chi connectivity index (χ1) is 5.27. The number of hydrogen-bond donors (Lipinski definition) is 0. The van der Waals surface area contributed by atoms with Crippen LogP contribution in [-0.2, 0) is 14.2 Å². The highest BCUT2D eigenvalue weighted by Crippen LogP contribution is 2.18. The quantitative estimate of drug-likeness (QED) is 0.613. The van der Waals surface area contributed by atoms with Crippen LogP contribution in [0.4, 0.5) is 0 Å². The van der Waals surface area contributed by atoms with Crippen molar-refractivity contribution < 1.29 is 14.2 Å². The molecule has 0 saturated carbocycles. The van der Waals surface area contributed by atoms with Crippen LogP contribution in [0.5, 0.6) is 0 Å². The van der Waals surface area contributed by atoms with E-state index in [9.17, 15) is 0 Å². The van der Waals surface area contributed by atoms with Gasteiger partial charge in [0.15, 0.2) is 0 Å². The average molecular weight is 160 g/mol. The summed E-state index contributed by atoms with van der Waals surface area (Å²) in [4.78, 5) is 0. The summed E-state index contributed by atoms with van der Waals surface area (Å²) >= 11 is 0. The van der Waals surface area contributed by atoms with Crippen LogP contribution in [0.2, 0.25) is 0 Å². The van der Waals surface area contributed by atoms with E-state index in [1.54, 1.807) is 0 Å². The Kier molecular flexibility index (Phi) is 3.30. The molecule has 0 N–H and O–H groups in total. The number of rotatable bonds is 2. The van der Waals surface area contributed by atoms with Crippen LogP contribution >= 0.6 is 0 Å². The lowest BCUT2D eigenvalue weighted by atomic mass is 10.3. The lowest BCUT2D eigenvalue weighted by molar-refractivity contribution is -0.361. The molecule has 1 aliphatic heterocycles.